The Morgan fingerprint density at radius 1 is 1.56 bits per heavy atom. The molecule has 18 heavy (non-hydrogen) atoms. The molecule has 1 N–H and O–H groups in total. The van der Waals surface area contributed by atoms with Gasteiger partial charge in [-0.15, -0.1) is 5.10 Å². The van der Waals surface area contributed by atoms with Crippen LogP contribution in [0.25, 0.3) is 5.65 Å². The van der Waals surface area contributed by atoms with Crippen LogP contribution in [0.3, 0.4) is 0 Å². The topological polar surface area (TPSA) is 98.2 Å². The Morgan fingerprint density at radius 2 is 2.28 bits per heavy atom. The number of nitro groups is 1. The number of rotatable bonds is 4. The maximum Gasteiger partial charge on any atom is 0.338 e. The Balaban J connectivity index is 2.56. The first-order chi connectivity index (χ1) is 8.50. The lowest BCUT2D eigenvalue weighted by molar-refractivity contribution is -0.382. The molecule has 2 heterocycles. The summed E-state index contributed by atoms with van der Waals surface area (Å²) in [6.45, 7) is 6.51. The summed E-state index contributed by atoms with van der Waals surface area (Å²) in [5.74, 6) is 0.386. The van der Waals surface area contributed by atoms with Gasteiger partial charge in [0.15, 0.2) is 0 Å². The molecule has 0 radical (unpaired) electrons. The molecule has 0 saturated carbocycles. The van der Waals surface area contributed by atoms with E-state index >= 15 is 0 Å². The Morgan fingerprint density at radius 3 is 2.89 bits per heavy atom. The van der Waals surface area contributed by atoms with Crippen LogP contribution >= 0.6 is 0 Å². The van der Waals surface area contributed by atoms with Crippen LogP contribution in [0.15, 0.2) is 6.07 Å². The molecular formula is C10H14N6O2. The van der Waals surface area contributed by atoms with E-state index in [2.05, 4.69) is 20.8 Å². The molecular weight excluding hydrogens is 236 g/mol. The second-order valence-electron chi connectivity index (χ2n) is 4.49. The first kappa shape index (κ1) is 12.2. The Hall–Kier alpha value is -2.25. The van der Waals surface area contributed by atoms with Crippen molar-refractivity contribution < 1.29 is 4.92 Å². The largest absolute Gasteiger partial charge is 0.379 e. The van der Waals surface area contributed by atoms with Gasteiger partial charge in [0.1, 0.15) is 5.69 Å². The van der Waals surface area contributed by atoms with E-state index in [0.29, 0.717) is 18.2 Å². The molecule has 0 atom stereocenters. The first-order valence-corrected chi connectivity index (χ1v) is 5.60. The van der Waals surface area contributed by atoms with Gasteiger partial charge in [-0.05, 0) is 29.3 Å². The summed E-state index contributed by atoms with van der Waals surface area (Å²) in [5, 5.41) is 25.1. The highest BCUT2D eigenvalue weighted by Gasteiger charge is 2.23. The lowest BCUT2D eigenvalue weighted by atomic mass is 10.2. The highest BCUT2D eigenvalue weighted by Crippen LogP contribution is 2.29. The fourth-order valence-corrected chi connectivity index (χ4v) is 1.66. The monoisotopic (exact) mass is 250 g/mol. The Bertz CT molecular complexity index is 591. The van der Waals surface area contributed by atoms with Crippen LogP contribution in [0, 0.1) is 23.0 Å². The average molecular weight is 250 g/mol. The van der Waals surface area contributed by atoms with Gasteiger partial charge in [-0.1, -0.05) is 13.8 Å². The number of anilines is 1. The minimum absolute atomic E-state index is 0.0914. The second-order valence-corrected chi connectivity index (χ2v) is 4.49. The molecule has 0 unspecified atom stereocenters. The van der Waals surface area contributed by atoms with Crippen LogP contribution in [0.2, 0.25) is 0 Å². The summed E-state index contributed by atoms with van der Waals surface area (Å²) >= 11 is 0. The second kappa shape index (κ2) is 4.55. The first-order valence-electron chi connectivity index (χ1n) is 5.60. The van der Waals surface area contributed by atoms with Crippen molar-refractivity contribution >= 4 is 17.0 Å². The SMILES string of the molecule is Cc1cc(NCC(C)C)c([N+](=O)[O-])c2nnnn12. The van der Waals surface area contributed by atoms with E-state index in [1.807, 2.05) is 13.8 Å². The minimum atomic E-state index is -0.464. The number of nitrogens with one attached hydrogen (secondary N) is 1. The molecule has 2 rings (SSSR count). The number of hydrogen-bond donors (Lipinski definition) is 1. The number of nitrogens with zero attached hydrogens (tertiary/aromatic N) is 5. The summed E-state index contributed by atoms with van der Waals surface area (Å²) in [5.41, 5.74) is 1.26. The molecule has 96 valence electrons. The van der Waals surface area contributed by atoms with Gasteiger partial charge in [0.05, 0.1) is 4.92 Å². The average Bonchev–Trinajstić information content (AvgIpc) is 2.74. The van der Waals surface area contributed by atoms with Crippen molar-refractivity contribution in [3.05, 3.63) is 21.9 Å². The van der Waals surface area contributed by atoms with Crippen LogP contribution in [0.4, 0.5) is 11.4 Å². The van der Waals surface area contributed by atoms with Crippen molar-refractivity contribution in [1.29, 1.82) is 0 Å². The highest BCUT2D eigenvalue weighted by atomic mass is 16.6. The van der Waals surface area contributed by atoms with E-state index in [4.69, 9.17) is 0 Å². The van der Waals surface area contributed by atoms with Gasteiger partial charge in [0, 0.05) is 12.2 Å². The predicted octanol–water partition coefficient (Wildman–Crippen LogP) is 1.41. The van der Waals surface area contributed by atoms with Gasteiger partial charge in [0.25, 0.3) is 5.65 Å². The van der Waals surface area contributed by atoms with E-state index in [9.17, 15) is 10.1 Å². The van der Waals surface area contributed by atoms with Gasteiger partial charge >= 0.3 is 5.69 Å². The van der Waals surface area contributed by atoms with Crippen LogP contribution in [-0.2, 0) is 0 Å². The van der Waals surface area contributed by atoms with Gasteiger partial charge < -0.3 is 5.32 Å². The maximum atomic E-state index is 11.1. The van der Waals surface area contributed by atoms with E-state index < -0.39 is 4.92 Å². The molecule has 2 aromatic heterocycles. The van der Waals surface area contributed by atoms with E-state index in [1.54, 1.807) is 13.0 Å². The molecule has 0 aliphatic heterocycles. The van der Waals surface area contributed by atoms with Crippen molar-refractivity contribution in [2.24, 2.45) is 5.92 Å². The van der Waals surface area contributed by atoms with E-state index in [1.165, 1.54) is 4.52 Å². The third-order valence-corrected chi connectivity index (χ3v) is 2.51. The zero-order valence-corrected chi connectivity index (χ0v) is 10.4. The molecule has 8 heteroatoms. The van der Waals surface area contributed by atoms with Crippen molar-refractivity contribution in [2.45, 2.75) is 20.8 Å². The van der Waals surface area contributed by atoms with Crippen LogP contribution in [0.1, 0.15) is 19.5 Å². The van der Waals surface area contributed by atoms with Crippen LogP contribution in [0.5, 0.6) is 0 Å². The molecule has 0 spiro atoms. The smallest absolute Gasteiger partial charge is 0.338 e. The number of fused-ring (bicyclic) bond motifs is 1. The molecule has 0 aromatic carbocycles. The summed E-state index contributed by atoms with van der Waals surface area (Å²) in [6, 6.07) is 1.68. The summed E-state index contributed by atoms with van der Waals surface area (Å²) in [6.07, 6.45) is 0. The Kier molecular flexibility index (Phi) is 3.09. The van der Waals surface area contributed by atoms with Gasteiger partial charge in [-0.2, -0.15) is 4.52 Å². The quantitative estimate of drug-likeness (QED) is 0.650. The zero-order valence-electron chi connectivity index (χ0n) is 10.4. The van der Waals surface area contributed by atoms with Crippen molar-refractivity contribution in [2.75, 3.05) is 11.9 Å². The fraction of sp³-hybridized carbons (Fsp3) is 0.500. The van der Waals surface area contributed by atoms with Gasteiger partial charge in [0.2, 0.25) is 0 Å². The molecule has 0 bridgehead atoms. The third kappa shape index (κ3) is 2.08. The Labute approximate surface area is 103 Å². The number of pyridine rings is 1. The summed E-state index contributed by atoms with van der Waals surface area (Å²) in [4.78, 5) is 10.7. The van der Waals surface area contributed by atoms with Crippen LogP contribution < -0.4 is 5.32 Å². The third-order valence-electron chi connectivity index (χ3n) is 2.51. The normalized spacial score (nSPS) is 11.1. The number of aryl methyl sites for hydroxylation is 1. The highest BCUT2D eigenvalue weighted by molar-refractivity contribution is 5.75. The molecule has 2 aromatic rings. The minimum Gasteiger partial charge on any atom is -0.379 e. The summed E-state index contributed by atoms with van der Waals surface area (Å²) < 4.78 is 1.36. The molecule has 8 nitrogen and oxygen atoms in total. The van der Waals surface area contributed by atoms with Crippen molar-refractivity contribution in [3.8, 4) is 0 Å². The summed E-state index contributed by atoms with van der Waals surface area (Å²) in [7, 11) is 0. The van der Waals surface area contributed by atoms with Crippen molar-refractivity contribution in [1.82, 2.24) is 20.0 Å². The number of hydrogen-bond acceptors (Lipinski definition) is 6. The number of aromatic nitrogens is 4. The van der Waals surface area contributed by atoms with E-state index in [-0.39, 0.29) is 11.3 Å². The fourth-order valence-electron chi connectivity index (χ4n) is 1.66. The lowest BCUT2D eigenvalue weighted by Gasteiger charge is -2.10. The molecule has 0 aliphatic rings. The zero-order chi connectivity index (χ0) is 13.3. The van der Waals surface area contributed by atoms with Gasteiger partial charge in [-0.3, -0.25) is 10.1 Å². The van der Waals surface area contributed by atoms with Gasteiger partial charge in [-0.25, -0.2) is 0 Å². The lowest BCUT2D eigenvalue weighted by Crippen LogP contribution is -2.11. The van der Waals surface area contributed by atoms with E-state index in [0.717, 1.165) is 5.69 Å². The van der Waals surface area contributed by atoms with Crippen molar-refractivity contribution in [3.63, 3.8) is 0 Å². The predicted molar refractivity (Wildman–Crippen MR) is 65.5 cm³/mol. The number of tetrazole rings is 1. The molecule has 0 saturated heterocycles. The van der Waals surface area contributed by atoms with Crippen LogP contribution in [-0.4, -0.2) is 31.5 Å². The molecule has 0 fully saturated rings. The standard InChI is InChI=1S/C10H14N6O2/c1-6(2)5-11-8-4-7(3)15-10(12-13-14-15)9(8)16(17)18/h4,6,11H,5H2,1-3H3. The molecule has 0 aliphatic carbocycles. The maximum absolute atomic E-state index is 11.1. The molecule has 0 amide bonds.